The maximum Gasteiger partial charge on any atom is 0.414 e. The number of nitrogens with one attached hydrogen (secondary N) is 3. The number of urea groups is 1. The van der Waals surface area contributed by atoms with E-state index in [0.717, 1.165) is 5.56 Å². The quantitative estimate of drug-likeness (QED) is 0.586. The van der Waals surface area contributed by atoms with Crippen LogP contribution < -0.4 is 16.0 Å². The first-order valence-electron chi connectivity index (χ1n) is 7.81. The molecule has 132 valence electrons. The molecule has 24 heavy (non-hydrogen) atoms. The molecule has 0 radical (unpaired) electrons. The van der Waals surface area contributed by atoms with Gasteiger partial charge in [0.2, 0.25) is 5.96 Å². The number of amides is 3. The maximum absolute atomic E-state index is 11.9. The highest BCUT2D eigenvalue weighted by Crippen LogP contribution is 2.06. The van der Waals surface area contributed by atoms with Crippen LogP contribution in [-0.4, -0.2) is 29.7 Å². The fourth-order valence-electron chi connectivity index (χ4n) is 1.67. The Hall–Kier alpha value is -2.57. The molecule has 1 aromatic rings. The number of hydrogen-bond acceptors (Lipinski definition) is 4. The van der Waals surface area contributed by atoms with Crippen molar-refractivity contribution in [3.8, 4) is 0 Å². The molecule has 0 saturated heterocycles. The third-order valence-corrected chi connectivity index (χ3v) is 2.53. The highest BCUT2D eigenvalue weighted by Gasteiger charge is 2.18. The minimum absolute atomic E-state index is 0.0336. The number of nitrogens with zero attached hydrogens (tertiary/aromatic N) is 1. The Kier molecular flexibility index (Phi) is 7.23. The van der Waals surface area contributed by atoms with Crippen LogP contribution in [0.3, 0.4) is 0 Å². The van der Waals surface area contributed by atoms with Gasteiger partial charge in [-0.25, -0.2) is 14.6 Å². The topological polar surface area (TPSA) is 91.8 Å². The van der Waals surface area contributed by atoms with Crippen LogP contribution >= 0.6 is 0 Å². The van der Waals surface area contributed by atoms with Crippen molar-refractivity contribution in [1.82, 2.24) is 16.0 Å². The summed E-state index contributed by atoms with van der Waals surface area (Å²) in [5.74, 6) is 0.0336. The Bertz CT molecular complexity index is 577. The number of carbonyl (C=O) groups excluding carboxylic acids is 2. The van der Waals surface area contributed by atoms with Crippen LogP contribution in [0.4, 0.5) is 9.59 Å². The molecular formula is C17H26N4O3. The lowest BCUT2D eigenvalue weighted by Crippen LogP contribution is -2.50. The average molecular weight is 334 g/mol. The van der Waals surface area contributed by atoms with Gasteiger partial charge in [0.25, 0.3) is 0 Å². The Morgan fingerprint density at radius 1 is 1.12 bits per heavy atom. The standard InChI is InChI=1S/C17H26N4O3/c1-12(2)19-15(22)20-14(21-16(23)24-17(3,4)5)18-11-13-9-7-6-8-10-13/h6-10,12H,11H2,1-5H3,(H3,18,19,20,21,22,23). The number of aliphatic imine (C=N–C) groups is 1. The number of carbonyl (C=O) groups is 2. The van der Waals surface area contributed by atoms with Crippen LogP contribution in [0, 0.1) is 0 Å². The average Bonchev–Trinajstić information content (AvgIpc) is 2.42. The number of alkyl carbamates (subject to hydrolysis) is 1. The predicted octanol–water partition coefficient (Wildman–Crippen LogP) is 2.77. The van der Waals surface area contributed by atoms with Crippen LogP contribution in [-0.2, 0) is 11.3 Å². The van der Waals surface area contributed by atoms with Crippen molar-refractivity contribution in [3.63, 3.8) is 0 Å². The summed E-state index contributed by atoms with van der Waals surface area (Å²) in [7, 11) is 0. The molecule has 0 aliphatic rings. The zero-order valence-corrected chi connectivity index (χ0v) is 14.8. The van der Waals surface area contributed by atoms with Crippen LogP contribution in [0.2, 0.25) is 0 Å². The third kappa shape index (κ3) is 8.77. The van der Waals surface area contributed by atoms with E-state index in [0.29, 0.717) is 6.54 Å². The summed E-state index contributed by atoms with van der Waals surface area (Å²) >= 11 is 0. The lowest BCUT2D eigenvalue weighted by molar-refractivity contribution is 0.0562. The first-order chi connectivity index (χ1) is 11.2. The van der Waals surface area contributed by atoms with E-state index in [4.69, 9.17) is 4.74 Å². The molecule has 0 unspecified atom stereocenters. The normalized spacial score (nSPS) is 11.8. The van der Waals surface area contributed by atoms with Gasteiger partial charge in [0, 0.05) is 6.04 Å². The number of ether oxygens (including phenoxy) is 1. The van der Waals surface area contributed by atoms with Gasteiger partial charge in [-0.05, 0) is 40.2 Å². The smallest absolute Gasteiger partial charge is 0.414 e. The summed E-state index contributed by atoms with van der Waals surface area (Å²) in [4.78, 5) is 28.0. The highest BCUT2D eigenvalue weighted by atomic mass is 16.6. The minimum Gasteiger partial charge on any atom is -0.444 e. The van der Waals surface area contributed by atoms with E-state index in [1.165, 1.54) is 0 Å². The second-order valence-electron chi connectivity index (χ2n) is 6.53. The number of rotatable bonds is 3. The summed E-state index contributed by atoms with van der Waals surface area (Å²) in [5.41, 5.74) is 0.307. The van der Waals surface area contributed by atoms with E-state index >= 15 is 0 Å². The van der Waals surface area contributed by atoms with E-state index in [1.807, 2.05) is 44.2 Å². The summed E-state index contributed by atoms with van der Waals surface area (Å²) in [6.45, 7) is 9.25. The van der Waals surface area contributed by atoms with Crippen molar-refractivity contribution in [1.29, 1.82) is 0 Å². The Morgan fingerprint density at radius 3 is 2.29 bits per heavy atom. The van der Waals surface area contributed by atoms with Crippen molar-refractivity contribution in [2.75, 3.05) is 0 Å². The van der Waals surface area contributed by atoms with Crippen molar-refractivity contribution >= 4 is 18.1 Å². The fraction of sp³-hybridized carbons (Fsp3) is 0.471. The zero-order chi connectivity index (χ0) is 18.2. The summed E-state index contributed by atoms with van der Waals surface area (Å²) in [5, 5.41) is 7.66. The van der Waals surface area contributed by atoms with Gasteiger partial charge >= 0.3 is 12.1 Å². The SMILES string of the molecule is CC(C)NC(=O)NC(=NCc1ccccc1)NC(=O)OC(C)(C)C. The second kappa shape index (κ2) is 8.90. The van der Waals surface area contributed by atoms with Crippen molar-refractivity contribution in [3.05, 3.63) is 35.9 Å². The minimum atomic E-state index is -0.681. The molecule has 7 nitrogen and oxygen atoms in total. The van der Waals surface area contributed by atoms with E-state index < -0.39 is 17.7 Å². The first-order valence-corrected chi connectivity index (χ1v) is 7.81. The predicted molar refractivity (Wildman–Crippen MR) is 93.8 cm³/mol. The molecule has 1 aromatic carbocycles. The Morgan fingerprint density at radius 2 is 1.75 bits per heavy atom. The second-order valence-corrected chi connectivity index (χ2v) is 6.53. The molecule has 1 rings (SSSR count). The molecule has 0 atom stereocenters. The van der Waals surface area contributed by atoms with Crippen LogP contribution in [0.5, 0.6) is 0 Å². The molecule has 0 heterocycles. The van der Waals surface area contributed by atoms with Gasteiger partial charge in [0.15, 0.2) is 0 Å². The molecule has 0 saturated carbocycles. The summed E-state index contributed by atoms with van der Waals surface area (Å²) < 4.78 is 5.18. The van der Waals surface area contributed by atoms with Gasteiger partial charge < -0.3 is 10.1 Å². The highest BCUT2D eigenvalue weighted by molar-refractivity contribution is 6.02. The monoisotopic (exact) mass is 334 g/mol. The van der Waals surface area contributed by atoms with E-state index in [2.05, 4.69) is 20.9 Å². The van der Waals surface area contributed by atoms with E-state index in [9.17, 15) is 9.59 Å². The van der Waals surface area contributed by atoms with Crippen molar-refractivity contribution in [2.45, 2.75) is 52.8 Å². The molecule has 0 aromatic heterocycles. The molecule has 3 N–H and O–H groups in total. The van der Waals surface area contributed by atoms with E-state index in [1.54, 1.807) is 20.8 Å². The largest absolute Gasteiger partial charge is 0.444 e. The van der Waals surface area contributed by atoms with Crippen molar-refractivity contribution < 1.29 is 14.3 Å². The van der Waals surface area contributed by atoms with Crippen molar-refractivity contribution in [2.24, 2.45) is 4.99 Å². The van der Waals surface area contributed by atoms with Crippen LogP contribution in [0.25, 0.3) is 0 Å². The van der Waals surface area contributed by atoms with Gasteiger partial charge in [0.05, 0.1) is 6.54 Å². The number of benzene rings is 1. The summed E-state index contributed by atoms with van der Waals surface area (Å²) in [6, 6.07) is 9.01. The lowest BCUT2D eigenvalue weighted by Gasteiger charge is -2.20. The summed E-state index contributed by atoms with van der Waals surface area (Å²) in [6.07, 6.45) is -0.681. The third-order valence-electron chi connectivity index (χ3n) is 2.53. The molecule has 7 heteroatoms. The fourth-order valence-corrected chi connectivity index (χ4v) is 1.67. The molecule has 0 aliphatic heterocycles. The van der Waals surface area contributed by atoms with Crippen LogP contribution in [0.1, 0.15) is 40.2 Å². The molecule has 0 bridgehead atoms. The Balaban J connectivity index is 2.78. The number of guanidine groups is 1. The molecule has 0 fully saturated rings. The Labute approximate surface area is 142 Å². The molecule has 0 spiro atoms. The van der Waals surface area contributed by atoms with Gasteiger partial charge in [0.1, 0.15) is 5.60 Å². The van der Waals surface area contributed by atoms with Crippen LogP contribution in [0.15, 0.2) is 35.3 Å². The van der Waals surface area contributed by atoms with E-state index in [-0.39, 0.29) is 12.0 Å². The number of hydrogen-bond donors (Lipinski definition) is 3. The van der Waals surface area contributed by atoms with Gasteiger partial charge in [-0.2, -0.15) is 0 Å². The maximum atomic E-state index is 11.9. The van der Waals surface area contributed by atoms with Gasteiger partial charge in [-0.15, -0.1) is 0 Å². The first kappa shape index (κ1) is 19.5. The zero-order valence-electron chi connectivity index (χ0n) is 14.8. The van der Waals surface area contributed by atoms with Gasteiger partial charge in [-0.1, -0.05) is 30.3 Å². The molecule has 3 amide bonds. The molecule has 0 aliphatic carbocycles. The molecular weight excluding hydrogens is 308 g/mol. The van der Waals surface area contributed by atoms with Gasteiger partial charge in [-0.3, -0.25) is 10.6 Å². The lowest BCUT2D eigenvalue weighted by atomic mass is 10.2.